The Morgan fingerprint density at radius 3 is 2.71 bits per heavy atom. The summed E-state index contributed by atoms with van der Waals surface area (Å²) in [4.78, 5) is 16.2. The second-order valence-corrected chi connectivity index (χ2v) is 5.30. The van der Waals surface area contributed by atoms with Crippen LogP contribution < -0.4 is 0 Å². The first-order chi connectivity index (χ1) is 8.15. The monoisotopic (exact) mass is 251 g/mol. The van der Waals surface area contributed by atoms with Crippen molar-refractivity contribution in [1.29, 1.82) is 0 Å². The van der Waals surface area contributed by atoms with Crippen molar-refractivity contribution >= 4 is 23.3 Å². The normalized spacial score (nSPS) is 17.2. The molecule has 0 bridgehead atoms. The Hall–Kier alpha value is -0.830. The number of carbonyl (C=O) groups is 1. The van der Waals surface area contributed by atoms with Crippen molar-refractivity contribution in [3.05, 3.63) is 23.8 Å². The molecule has 1 fully saturated rings. The molecule has 0 heterocycles. The second kappa shape index (κ2) is 7.49. The highest BCUT2D eigenvalue weighted by atomic mass is 32.2. The van der Waals surface area contributed by atoms with E-state index in [1.165, 1.54) is 31.0 Å². The molecule has 1 rings (SSSR count). The zero-order valence-corrected chi connectivity index (χ0v) is 11.6. The summed E-state index contributed by atoms with van der Waals surface area (Å²) in [5, 5.41) is 0.759. The Balaban J connectivity index is 2.50. The lowest BCUT2D eigenvalue weighted by Crippen LogP contribution is -2.17. The first-order valence-electron chi connectivity index (χ1n) is 6.10. The van der Waals surface area contributed by atoms with Crippen molar-refractivity contribution in [2.24, 2.45) is 10.9 Å². The molecule has 0 aliphatic heterocycles. The molecule has 0 atom stereocenters. The van der Waals surface area contributed by atoms with Crippen molar-refractivity contribution in [3.8, 4) is 0 Å². The van der Waals surface area contributed by atoms with E-state index < -0.39 is 0 Å². The van der Waals surface area contributed by atoms with Crippen LogP contribution in [-0.4, -0.2) is 17.8 Å². The Kier molecular flexibility index (Phi) is 6.27. The van der Waals surface area contributed by atoms with E-state index in [0.29, 0.717) is 18.1 Å². The molecule has 0 unspecified atom stereocenters. The van der Waals surface area contributed by atoms with Gasteiger partial charge in [-0.2, -0.15) is 0 Å². The smallest absolute Gasteiger partial charge is 0.139 e. The van der Waals surface area contributed by atoms with Crippen molar-refractivity contribution in [3.63, 3.8) is 0 Å². The van der Waals surface area contributed by atoms with Crippen LogP contribution in [0.25, 0.3) is 0 Å². The Labute approximate surface area is 108 Å². The number of hydrogen-bond donors (Lipinski definition) is 0. The summed E-state index contributed by atoms with van der Waals surface area (Å²) in [6.07, 6.45) is 10.7. The van der Waals surface area contributed by atoms with E-state index >= 15 is 0 Å². The predicted molar refractivity (Wildman–Crippen MR) is 76.5 cm³/mol. The van der Waals surface area contributed by atoms with Gasteiger partial charge in [0.2, 0.25) is 0 Å². The molecule has 0 saturated heterocycles. The highest BCUT2D eigenvalue weighted by Crippen LogP contribution is 2.29. The minimum atomic E-state index is 0.306. The van der Waals surface area contributed by atoms with Gasteiger partial charge in [0.15, 0.2) is 0 Å². The molecule has 0 N–H and O–H groups in total. The van der Waals surface area contributed by atoms with E-state index in [9.17, 15) is 4.79 Å². The topological polar surface area (TPSA) is 29.4 Å². The quantitative estimate of drug-likeness (QED) is 0.640. The third-order valence-corrected chi connectivity index (χ3v) is 3.54. The molecule has 0 radical (unpaired) electrons. The van der Waals surface area contributed by atoms with Crippen molar-refractivity contribution in [1.82, 2.24) is 0 Å². The molecule has 17 heavy (non-hydrogen) atoms. The highest BCUT2D eigenvalue weighted by molar-refractivity contribution is 8.02. The average molecular weight is 251 g/mol. The van der Waals surface area contributed by atoms with Gasteiger partial charge in [0.1, 0.15) is 5.78 Å². The molecule has 0 aromatic carbocycles. The van der Waals surface area contributed by atoms with Gasteiger partial charge < -0.3 is 0 Å². The van der Waals surface area contributed by atoms with Crippen molar-refractivity contribution in [2.75, 3.05) is 6.26 Å². The van der Waals surface area contributed by atoms with Crippen molar-refractivity contribution in [2.45, 2.75) is 39.0 Å². The van der Waals surface area contributed by atoms with Crippen LogP contribution in [0.1, 0.15) is 39.0 Å². The largest absolute Gasteiger partial charge is 0.299 e. The maximum atomic E-state index is 11.9. The van der Waals surface area contributed by atoms with E-state index in [4.69, 9.17) is 0 Å². The number of allylic oxidation sites excluding steroid dienone is 2. The van der Waals surface area contributed by atoms with Gasteiger partial charge in [-0.15, -0.1) is 11.8 Å². The fourth-order valence-electron chi connectivity index (χ4n) is 1.83. The number of thioether (sulfide) groups is 1. The molecule has 0 spiro atoms. The summed E-state index contributed by atoms with van der Waals surface area (Å²) < 4.78 is 0. The molecule has 0 aromatic rings. The maximum Gasteiger partial charge on any atom is 0.139 e. The van der Waals surface area contributed by atoms with E-state index in [-0.39, 0.29) is 0 Å². The SMILES string of the molecule is C=C(/N=C(\C=C/C)CC(=O)CC1CCC1)SC. The molecule has 0 aromatic heterocycles. The van der Waals surface area contributed by atoms with Gasteiger partial charge in [0.05, 0.1) is 5.03 Å². The first-order valence-corrected chi connectivity index (χ1v) is 7.33. The third-order valence-electron chi connectivity index (χ3n) is 2.98. The summed E-state index contributed by atoms with van der Waals surface area (Å²) >= 11 is 1.51. The van der Waals surface area contributed by atoms with Gasteiger partial charge in [-0.1, -0.05) is 31.9 Å². The Bertz CT molecular complexity index is 340. The highest BCUT2D eigenvalue weighted by Gasteiger charge is 2.20. The fourth-order valence-corrected chi connectivity index (χ4v) is 2.04. The van der Waals surface area contributed by atoms with E-state index in [1.54, 1.807) is 0 Å². The molecular formula is C14H21NOS. The van der Waals surface area contributed by atoms with Gasteiger partial charge in [0.25, 0.3) is 0 Å². The summed E-state index contributed by atoms with van der Waals surface area (Å²) in [5.41, 5.74) is 0.830. The number of hydrogen-bond acceptors (Lipinski definition) is 3. The predicted octanol–water partition coefficient (Wildman–Crippen LogP) is 3.99. The van der Waals surface area contributed by atoms with Crippen molar-refractivity contribution < 1.29 is 4.79 Å². The van der Waals surface area contributed by atoms with Crippen LogP contribution in [0.4, 0.5) is 0 Å². The standard InChI is InChI=1S/C14H21NOS/c1-4-6-13(15-11(2)17-3)10-14(16)9-12-7-5-8-12/h4,6,12H,2,5,7-10H2,1,3H3/b6-4-,15-13+. The average Bonchev–Trinajstić information content (AvgIpc) is 2.23. The summed E-state index contributed by atoms with van der Waals surface area (Å²) in [5.74, 6) is 0.943. The van der Waals surface area contributed by atoms with Gasteiger partial charge in [0, 0.05) is 18.6 Å². The number of Topliss-reactive ketones (excluding diaryl/α,β-unsaturated/α-hetero) is 1. The fraction of sp³-hybridized carbons (Fsp3) is 0.571. The van der Waals surface area contributed by atoms with Gasteiger partial charge >= 0.3 is 0 Å². The lowest BCUT2D eigenvalue weighted by atomic mass is 9.81. The van der Waals surface area contributed by atoms with Gasteiger partial charge in [-0.25, -0.2) is 4.99 Å². The molecular weight excluding hydrogens is 230 g/mol. The van der Waals surface area contributed by atoms with Crippen LogP contribution in [0, 0.1) is 5.92 Å². The molecule has 2 nitrogen and oxygen atoms in total. The Morgan fingerprint density at radius 1 is 1.53 bits per heavy atom. The zero-order chi connectivity index (χ0) is 12.7. The molecule has 1 saturated carbocycles. The van der Waals surface area contributed by atoms with E-state index in [1.807, 2.05) is 25.3 Å². The van der Waals surface area contributed by atoms with Crippen LogP contribution in [0.3, 0.4) is 0 Å². The van der Waals surface area contributed by atoms with E-state index in [2.05, 4.69) is 11.6 Å². The van der Waals surface area contributed by atoms with Crippen LogP contribution in [-0.2, 0) is 4.79 Å². The third kappa shape index (κ3) is 5.35. The summed E-state index contributed by atoms with van der Waals surface area (Å²) in [7, 11) is 0. The number of aliphatic imine (C=N–C) groups is 1. The van der Waals surface area contributed by atoms with Crippen LogP contribution in [0.2, 0.25) is 0 Å². The van der Waals surface area contributed by atoms with Gasteiger partial charge in [-0.3, -0.25) is 4.79 Å². The minimum absolute atomic E-state index is 0.306. The van der Waals surface area contributed by atoms with E-state index in [0.717, 1.165) is 17.2 Å². The number of nitrogens with zero attached hydrogens (tertiary/aromatic N) is 1. The second-order valence-electron chi connectivity index (χ2n) is 4.42. The number of rotatable bonds is 7. The molecule has 0 amide bonds. The minimum Gasteiger partial charge on any atom is -0.299 e. The van der Waals surface area contributed by atoms with Crippen LogP contribution >= 0.6 is 11.8 Å². The molecule has 3 heteroatoms. The number of ketones is 1. The summed E-state index contributed by atoms with van der Waals surface area (Å²) in [6, 6.07) is 0. The van der Waals surface area contributed by atoms with Gasteiger partial charge in [-0.05, 0) is 25.2 Å². The van der Waals surface area contributed by atoms with Crippen LogP contribution in [0.15, 0.2) is 28.8 Å². The molecule has 94 valence electrons. The first kappa shape index (κ1) is 14.2. The zero-order valence-electron chi connectivity index (χ0n) is 10.7. The molecule has 1 aliphatic rings. The maximum absolute atomic E-state index is 11.9. The van der Waals surface area contributed by atoms with Crippen LogP contribution in [0.5, 0.6) is 0 Å². The summed E-state index contributed by atoms with van der Waals surface area (Å²) in [6.45, 7) is 5.76. The lowest BCUT2D eigenvalue weighted by Gasteiger charge is -2.24. The lowest BCUT2D eigenvalue weighted by molar-refractivity contribution is -0.119. The Morgan fingerprint density at radius 2 is 2.24 bits per heavy atom. The number of carbonyl (C=O) groups excluding carboxylic acids is 1. The molecule has 1 aliphatic carbocycles.